The van der Waals surface area contributed by atoms with Crippen molar-refractivity contribution in [3.05, 3.63) is 63.1 Å². The number of H-pyrrole nitrogens is 1. The molecular weight excluding hydrogens is 406 g/mol. The van der Waals surface area contributed by atoms with Crippen molar-refractivity contribution in [1.82, 2.24) is 29.7 Å². The summed E-state index contributed by atoms with van der Waals surface area (Å²) < 4.78 is 1.42. The zero-order valence-electron chi connectivity index (χ0n) is 16.0. The number of nitrogens with zero attached hydrogens (tertiary/aromatic N) is 6. The maximum atomic E-state index is 13.4. The predicted molar refractivity (Wildman–Crippen MR) is 112 cm³/mol. The second kappa shape index (κ2) is 7.46. The second-order valence-corrected chi connectivity index (χ2v) is 7.01. The number of aromatic nitrogens is 6. The summed E-state index contributed by atoms with van der Waals surface area (Å²) in [6.45, 7) is 3.61. The van der Waals surface area contributed by atoms with Crippen LogP contribution in [-0.4, -0.2) is 29.7 Å². The Balaban J connectivity index is 1.94. The Morgan fingerprint density at radius 3 is 2.87 bits per heavy atom. The molecule has 0 radical (unpaired) electrons. The monoisotopic (exact) mass is 421 g/mol. The number of hydrogen-bond acceptors (Lipinski definition) is 8. The van der Waals surface area contributed by atoms with E-state index in [1.807, 2.05) is 13.0 Å². The summed E-state index contributed by atoms with van der Waals surface area (Å²) in [5, 5.41) is 20.0. The molecule has 3 heterocycles. The molecule has 11 heteroatoms. The van der Waals surface area contributed by atoms with Crippen molar-refractivity contribution in [2.75, 3.05) is 11.1 Å². The normalized spacial score (nSPS) is 11.9. The minimum Gasteiger partial charge on any atom is -0.382 e. The van der Waals surface area contributed by atoms with Gasteiger partial charge < -0.3 is 11.1 Å². The fourth-order valence-electron chi connectivity index (χ4n) is 3.17. The molecule has 0 aliphatic heterocycles. The quantitative estimate of drug-likeness (QED) is 0.454. The summed E-state index contributed by atoms with van der Waals surface area (Å²) >= 11 is 6.29. The molecule has 10 nitrogen and oxygen atoms in total. The highest BCUT2D eigenvalue weighted by atomic mass is 35.5. The predicted octanol–water partition coefficient (Wildman–Crippen LogP) is 2.49. The number of benzene rings is 1. The van der Waals surface area contributed by atoms with Crippen LogP contribution in [0.4, 0.5) is 11.6 Å². The van der Waals surface area contributed by atoms with Crippen molar-refractivity contribution >= 4 is 34.1 Å². The molecule has 0 spiro atoms. The van der Waals surface area contributed by atoms with Crippen molar-refractivity contribution in [3.63, 3.8) is 0 Å². The number of nitrogens with two attached hydrogens (primary N) is 1. The van der Waals surface area contributed by atoms with Gasteiger partial charge in [0.25, 0.3) is 5.56 Å². The number of nitrogens with one attached hydrogen (secondary N) is 2. The van der Waals surface area contributed by atoms with Gasteiger partial charge in [-0.15, -0.1) is 0 Å². The SMILES string of the molecule is Cc1cn[nH]c1-n1c([C@H](C)Nc2ncnc(N)c2C#N)nc2cccc(Cl)c2c1=O. The molecule has 1 atom stereocenters. The molecule has 1 aromatic carbocycles. The van der Waals surface area contributed by atoms with E-state index in [1.54, 1.807) is 31.3 Å². The molecule has 0 aliphatic carbocycles. The average Bonchev–Trinajstić information content (AvgIpc) is 3.13. The summed E-state index contributed by atoms with van der Waals surface area (Å²) in [6.07, 6.45) is 2.87. The van der Waals surface area contributed by atoms with Gasteiger partial charge in [0.1, 0.15) is 41.2 Å². The van der Waals surface area contributed by atoms with Gasteiger partial charge in [0.15, 0.2) is 0 Å². The molecule has 30 heavy (non-hydrogen) atoms. The minimum atomic E-state index is -0.537. The first kappa shape index (κ1) is 19.4. The van der Waals surface area contributed by atoms with E-state index < -0.39 is 6.04 Å². The van der Waals surface area contributed by atoms with Crippen LogP contribution in [0, 0.1) is 18.3 Å². The molecule has 4 rings (SSSR count). The van der Waals surface area contributed by atoms with E-state index in [-0.39, 0.29) is 22.8 Å². The van der Waals surface area contributed by atoms with Crippen LogP contribution in [0.3, 0.4) is 0 Å². The number of hydrogen-bond donors (Lipinski definition) is 3. The summed E-state index contributed by atoms with van der Waals surface area (Å²) in [5.41, 5.74) is 6.75. The van der Waals surface area contributed by atoms with Crippen molar-refractivity contribution in [1.29, 1.82) is 5.26 Å². The molecule has 0 saturated heterocycles. The summed E-state index contributed by atoms with van der Waals surface area (Å²) in [7, 11) is 0. The van der Waals surface area contributed by atoms with Crippen LogP contribution in [0.1, 0.15) is 29.9 Å². The molecule has 150 valence electrons. The fraction of sp³-hybridized carbons (Fsp3) is 0.158. The van der Waals surface area contributed by atoms with Gasteiger partial charge in [-0.25, -0.2) is 19.5 Å². The van der Waals surface area contributed by atoms with Gasteiger partial charge in [0.2, 0.25) is 0 Å². The van der Waals surface area contributed by atoms with Crippen LogP contribution >= 0.6 is 11.6 Å². The van der Waals surface area contributed by atoms with Gasteiger partial charge in [-0.1, -0.05) is 17.7 Å². The van der Waals surface area contributed by atoms with E-state index in [1.165, 1.54) is 10.9 Å². The van der Waals surface area contributed by atoms with Gasteiger partial charge in [0, 0.05) is 5.56 Å². The number of halogens is 1. The van der Waals surface area contributed by atoms with Crippen LogP contribution in [-0.2, 0) is 0 Å². The first-order valence-corrected chi connectivity index (χ1v) is 9.28. The van der Waals surface area contributed by atoms with E-state index in [0.717, 1.165) is 5.56 Å². The zero-order chi connectivity index (χ0) is 21.4. The lowest BCUT2D eigenvalue weighted by Crippen LogP contribution is -2.28. The number of aryl methyl sites for hydroxylation is 1. The summed E-state index contributed by atoms with van der Waals surface area (Å²) in [6, 6.07) is 6.53. The lowest BCUT2D eigenvalue weighted by molar-refractivity contribution is 0.717. The first-order valence-electron chi connectivity index (χ1n) is 8.91. The van der Waals surface area contributed by atoms with E-state index in [9.17, 15) is 10.1 Å². The Morgan fingerprint density at radius 1 is 1.37 bits per heavy atom. The highest BCUT2D eigenvalue weighted by Crippen LogP contribution is 2.26. The maximum Gasteiger partial charge on any atom is 0.268 e. The lowest BCUT2D eigenvalue weighted by atomic mass is 10.2. The van der Waals surface area contributed by atoms with Gasteiger partial charge in [0.05, 0.1) is 28.2 Å². The maximum absolute atomic E-state index is 13.4. The Kier molecular flexibility index (Phi) is 4.81. The standard InChI is InChI=1S/C19H16ClN9O/c1-9-7-25-28-17(9)29-18(27-13-5-3-4-12(20)14(13)19(29)30)10(2)26-16-11(6-21)15(22)23-8-24-16/h3-5,7-8,10H,1-2H3,(H,25,28)(H3,22,23,24,26)/t10-/m0/s1. The van der Waals surface area contributed by atoms with E-state index in [4.69, 9.17) is 17.3 Å². The Bertz CT molecular complexity index is 1370. The molecule has 3 aromatic heterocycles. The molecule has 4 aromatic rings. The number of nitrogen functional groups attached to an aromatic ring is 1. The third-order valence-corrected chi connectivity index (χ3v) is 4.94. The van der Waals surface area contributed by atoms with Crippen LogP contribution in [0.25, 0.3) is 16.7 Å². The number of anilines is 2. The minimum absolute atomic E-state index is 0.0576. The lowest BCUT2D eigenvalue weighted by Gasteiger charge is -2.20. The number of rotatable bonds is 4. The number of aromatic amines is 1. The molecule has 4 N–H and O–H groups in total. The van der Waals surface area contributed by atoms with Gasteiger partial charge in [-0.3, -0.25) is 9.89 Å². The van der Waals surface area contributed by atoms with Crippen molar-refractivity contribution in [2.24, 2.45) is 0 Å². The smallest absolute Gasteiger partial charge is 0.268 e. The molecule has 0 fully saturated rings. The van der Waals surface area contributed by atoms with Crippen LogP contribution in [0.2, 0.25) is 5.02 Å². The van der Waals surface area contributed by atoms with E-state index in [2.05, 4.69) is 30.5 Å². The third-order valence-electron chi connectivity index (χ3n) is 4.63. The van der Waals surface area contributed by atoms with Crippen LogP contribution in [0.5, 0.6) is 0 Å². The third kappa shape index (κ3) is 3.11. The number of nitriles is 1. The Hall–Kier alpha value is -3.97. The molecule has 0 amide bonds. The first-order chi connectivity index (χ1) is 14.4. The topological polar surface area (TPSA) is 151 Å². The second-order valence-electron chi connectivity index (χ2n) is 6.61. The molecule has 0 saturated carbocycles. The van der Waals surface area contributed by atoms with Crippen LogP contribution < -0.4 is 16.6 Å². The van der Waals surface area contributed by atoms with Gasteiger partial charge in [-0.2, -0.15) is 10.4 Å². The molecule has 0 bridgehead atoms. The van der Waals surface area contributed by atoms with Gasteiger partial charge in [-0.05, 0) is 26.0 Å². The largest absolute Gasteiger partial charge is 0.382 e. The van der Waals surface area contributed by atoms with E-state index >= 15 is 0 Å². The van der Waals surface area contributed by atoms with Crippen molar-refractivity contribution < 1.29 is 0 Å². The molecule has 0 aliphatic rings. The highest BCUT2D eigenvalue weighted by molar-refractivity contribution is 6.35. The van der Waals surface area contributed by atoms with Crippen molar-refractivity contribution in [3.8, 4) is 11.9 Å². The number of fused-ring (bicyclic) bond motifs is 1. The Labute approximate surface area is 175 Å². The van der Waals surface area contributed by atoms with Crippen molar-refractivity contribution in [2.45, 2.75) is 19.9 Å². The zero-order valence-corrected chi connectivity index (χ0v) is 16.8. The van der Waals surface area contributed by atoms with E-state index in [0.29, 0.717) is 27.6 Å². The summed E-state index contributed by atoms with van der Waals surface area (Å²) in [4.78, 5) is 26.0. The summed E-state index contributed by atoms with van der Waals surface area (Å²) in [5.74, 6) is 1.15. The van der Waals surface area contributed by atoms with Gasteiger partial charge >= 0.3 is 0 Å². The highest BCUT2D eigenvalue weighted by Gasteiger charge is 2.22. The average molecular weight is 422 g/mol. The fourth-order valence-corrected chi connectivity index (χ4v) is 3.42. The molecular formula is C19H16ClN9O. The molecule has 0 unspecified atom stereocenters. The Morgan fingerprint density at radius 2 is 2.17 bits per heavy atom. The van der Waals surface area contributed by atoms with Crippen LogP contribution in [0.15, 0.2) is 35.5 Å².